The quantitative estimate of drug-likeness (QED) is 0.513. The Bertz CT molecular complexity index is 265. The summed E-state index contributed by atoms with van der Waals surface area (Å²) < 4.78 is 0. The van der Waals surface area contributed by atoms with E-state index in [2.05, 4.69) is 4.99 Å². The van der Waals surface area contributed by atoms with Crippen LogP contribution in [0.3, 0.4) is 0 Å². The molecule has 0 saturated carbocycles. The summed E-state index contributed by atoms with van der Waals surface area (Å²) in [4.78, 5) is 14.9. The molecule has 0 unspecified atom stereocenters. The summed E-state index contributed by atoms with van der Waals surface area (Å²) >= 11 is 0. The first-order chi connectivity index (χ1) is 5.81. The predicted octanol–water partition coefficient (Wildman–Crippen LogP) is -0.530. The number of primary amides is 1. The second kappa shape index (κ2) is 3.93. The number of hydrogen-bond acceptors (Lipinski definition) is 4. The predicted molar refractivity (Wildman–Crippen MR) is 52.8 cm³/mol. The second-order valence-corrected chi connectivity index (χ2v) is 3.24. The Kier molecular flexibility index (Phi) is 3.47. The molecule has 0 aliphatic carbocycles. The van der Waals surface area contributed by atoms with E-state index in [0.717, 1.165) is 0 Å². The molecule has 0 aromatic heterocycles. The van der Waals surface area contributed by atoms with Crippen LogP contribution < -0.4 is 17.2 Å². The van der Waals surface area contributed by atoms with E-state index < -0.39 is 11.4 Å². The molecular weight excluding hydrogens is 168 g/mol. The van der Waals surface area contributed by atoms with Crippen molar-refractivity contribution in [1.29, 1.82) is 0 Å². The molecule has 0 bridgehead atoms. The zero-order valence-corrected chi connectivity index (χ0v) is 8.16. The summed E-state index contributed by atoms with van der Waals surface area (Å²) in [5.41, 5.74) is 15.7. The van der Waals surface area contributed by atoms with Gasteiger partial charge in [0, 0.05) is 6.20 Å². The summed E-state index contributed by atoms with van der Waals surface area (Å²) in [5, 5.41) is 0. The topological polar surface area (TPSA) is 107 Å². The number of carbonyl (C=O) groups is 1. The number of hydrogen-bond donors (Lipinski definition) is 3. The zero-order valence-electron chi connectivity index (χ0n) is 8.16. The molecule has 0 rings (SSSR count). The Morgan fingerprint density at radius 3 is 2.15 bits per heavy atom. The molecule has 6 N–H and O–H groups in total. The average Bonchev–Trinajstić information content (AvgIpc) is 2.01. The Morgan fingerprint density at radius 2 is 1.85 bits per heavy atom. The van der Waals surface area contributed by atoms with Crippen LogP contribution in [0, 0.1) is 0 Å². The third-order valence-electron chi connectivity index (χ3n) is 1.65. The van der Waals surface area contributed by atoms with Crippen molar-refractivity contribution in [2.24, 2.45) is 22.2 Å². The summed E-state index contributed by atoms with van der Waals surface area (Å²) in [6, 6.07) is 0. The van der Waals surface area contributed by atoms with Crippen LogP contribution in [-0.4, -0.2) is 17.2 Å². The minimum absolute atomic E-state index is 0.342. The van der Waals surface area contributed by atoms with Crippen molar-refractivity contribution in [2.45, 2.75) is 26.3 Å². The van der Waals surface area contributed by atoms with Gasteiger partial charge in [0.05, 0.1) is 11.4 Å². The smallest absolute Gasteiger partial charge is 0.244 e. The molecule has 13 heavy (non-hydrogen) atoms. The summed E-state index contributed by atoms with van der Waals surface area (Å²) in [6.07, 6.45) is 1.23. The first-order valence-corrected chi connectivity index (χ1v) is 3.85. The van der Waals surface area contributed by atoms with E-state index in [1.54, 1.807) is 20.8 Å². The van der Waals surface area contributed by atoms with E-state index in [1.807, 2.05) is 0 Å². The van der Waals surface area contributed by atoms with Crippen molar-refractivity contribution in [1.82, 2.24) is 0 Å². The minimum Gasteiger partial charge on any atom is -0.403 e. The van der Waals surface area contributed by atoms with E-state index in [-0.39, 0.29) is 0 Å². The van der Waals surface area contributed by atoms with Crippen molar-refractivity contribution < 1.29 is 4.79 Å². The van der Waals surface area contributed by atoms with Crippen molar-refractivity contribution in [3.05, 3.63) is 11.9 Å². The number of aliphatic imine (C=N–C) groups is 1. The fraction of sp³-hybridized carbons (Fsp3) is 0.500. The standard InChI is InChI=1S/C8H16N4O/c1-5(6(10)4-9)12-8(2,3)7(11)13/h4H,9-10H2,1-3H3,(H2,11,13). The average molecular weight is 184 g/mol. The summed E-state index contributed by atoms with van der Waals surface area (Å²) in [7, 11) is 0. The highest BCUT2D eigenvalue weighted by molar-refractivity contribution is 5.99. The molecule has 0 aliphatic heterocycles. The molecular formula is C8H16N4O. The van der Waals surface area contributed by atoms with Gasteiger partial charge in [0.1, 0.15) is 5.54 Å². The van der Waals surface area contributed by atoms with E-state index in [1.165, 1.54) is 6.20 Å². The summed E-state index contributed by atoms with van der Waals surface area (Å²) in [6.45, 7) is 4.90. The van der Waals surface area contributed by atoms with E-state index in [9.17, 15) is 4.79 Å². The van der Waals surface area contributed by atoms with Crippen molar-refractivity contribution in [3.63, 3.8) is 0 Å². The maximum absolute atomic E-state index is 10.9. The van der Waals surface area contributed by atoms with E-state index in [4.69, 9.17) is 17.2 Å². The van der Waals surface area contributed by atoms with Gasteiger partial charge >= 0.3 is 0 Å². The Labute approximate surface area is 77.7 Å². The fourth-order valence-corrected chi connectivity index (χ4v) is 0.660. The third kappa shape index (κ3) is 3.14. The molecule has 0 saturated heterocycles. The number of nitrogens with zero attached hydrogens (tertiary/aromatic N) is 1. The lowest BCUT2D eigenvalue weighted by Gasteiger charge is -2.16. The lowest BCUT2D eigenvalue weighted by atomic mass is 10.1. The van der Waals surface area contributed by atoms with Crippen LogP contribution in [0.5, 0.6) is 0 Å². The molecule has 0 radical (unpaired) electrons. The molecule has 0 aliphatic rings. The van der Waals surface area contributed by atoms with Crippen molar-refractivity contribution in [3.8, 4) is 0 Å². The SMILES string of the molecule is CC(=NC(C)(C)C(N)=O)C(N)=CN. The molecule has 0 heterocycles. The first-order valence-electron chi connectivity index (χ1n) is 3.85. The van der Waals surface area contributed by atoms with Gasteiger partial charge in [-0.25, -0.2) is 0 Å². The van der Waals surface area contributed by atoms with Crippen LogP contribution in [0.25, 0.3) is 0 Å². The van der Waals surface area contributed by atoms with Gasteiger partial charge in [0.2, 0.25) is 5.91 Å². The second-order valence-electron chi connectivity index (χ2n) is 3.24. The van der Waals surface area contributed by atoms with Gasteiger partial charge in [-0.1, -0.05) is 0 Å². The molecule has 5 heteroatoms. The molecule has 0 fully saturated rings. The van der Waals surface area contributed by atoms with E-state index in [0.29, 0.717) is 11.4 Å². The lowest BCUT2D eigenvalue weighted by molar-refractivity contribution is -0.121. The van der Waals surface area contributed by atoms with Gasteiger partial charge in [-0.05, 0) is 20.8 Å². The Hall–Kier alpha value is -1.52. The van der Waals surface area contributed by atoms with Crippen molar-refractivity contribution >= 4 is 11.6 Å². The summed E-state index contributed by atoms with van der Waals surface area (Å²) in [5.74, 6) is -0.503. The van der Waals surface area contributed by atoms with Gasteiger partial charge in [-0.15, -0.1) is 0 Å². The van der Waals surface area contributed by atoms with Gasteiger partial charge < -0.3 is 17.2 Å². The highest BCUT2D eigenvalue weighted by Crippen LogP contribution is 2.09. The van der Waals surface area contributed by atoms with Gasteiger partial charge in [0.15, 0.2) is 0 Å². The van der Waals surface area contributed by atoms with Crippen LogP contribution in [0.4, 0.5) is 0 Å². The number of allylic oxidation sites excluding steroid dienone is 1. The van der Waals surface area contributed by atoms with E-state index >= 15 is 0 Å². The molecule has 0 aromatic carbocycles. The number of nitrogens with two attached hydrogens (primary N) is 3. The Balaban J connectivity index is 4.85. The third-order valence-corrected chi connectivity index (χ3v) is 1.65. The van der Waals surface area contributed by atoms with Crippen LogP contribution >= 0.6 is 0 Å². The van der Waals surface area contributed by atoms with Crippen molar-refractivity contribution in [2.75, 3.05) is 0 Å². The van der Waals surface area contributed by atoms with Gasteiger partial charge in [-0.3, -0.25) is 9.79 Å². The van der Waals surface area contributed by atoms with Crippen LogP contribution in [0.1, 0.15) is 20.8 Å². The van der Waals surface area contributed by atoms with Crippen LogP contribution in [0.15, 0.2) is 16.9 Å². The molecule has 0 atom stereocenters. The normalized spacial score (nSPS) is 14.4. The molecule has 0 spiro atoms. The van der Waals surface area contributed by atoms with Gasteiger partial charge in [-0.2, -0.15) is 0 Å². The highest BCUT2D eigenvalue weighted by atomic mass is 16.1. The largest absolute Gasteiger partial charge is 0.403 e. The first kappa shape index (κ1) is 11.5. The van der Waals surface area contributed by atoms with Crippen LogP contribution in [0.2, 0.25) is 0 Å². The fourth-order valence-electron chi connectivity index (χ4n) is 0.660. The number of rotatable bonds is 3. The Morgan fingerprint density at radius 1 is 1.38 bits per heavy atom. The molecule has 5 nitrogen and oxygen atoms in total. The lowest BCUT2D eigenvalue weighted by Crippen LogP contribution is -2.37. The maximum atomic E-state index is 10.9. The molecule has 74 valence electrons. The molecule has 0 aromatic rings. The monoisotopic (exact) mass is 184 g/mol. The highest BCUT2D eigenvalue weighted by Gasteiger charge is 2.23. The maximum Gasteiger partial charge on any atom is 0.244 e. The van der Waals surface area contributed by atoms with Crippen LogP contribution in [-0.2, 0) is 4.79 Å². The molecule has 1 amide bonds. The minimum atomic E-state index is -0.947. The van der Waals surface area contributed by atoms with Gasteiger partial charge in [0.25, 0.3) is 0 Å². The number of amides is 1. The zero-order chi connectivity index (χ0) is 10.6. The number of carbonyl (C=O) groups excluding carboxylic acids is 1.